The first-order valence-electron chi connectivity index (χ1n) is 14.1. The Labute approximate surface area is 261 Å². The van der Waals surface area contributed by atoms with Gasteiger partial charge in [-0.15, -0.1) is 0 Å². The minimum Gasteiger partial charge on any atom is -0.361 e. The molecule has 2 heterocycles. The molecule has 4 aromatic carbocycles. The molecule has 0 saturated heterocycles. The maximum Gasteiger partial charge on any atom is 0.416 e. The fourth-order valence-corrected chi connectivity index (χ4v) is 5.59. The maximum atomic E-state index is 14.5. The first-order valence-corrected chi connectivity index (χ1v) is 14.1. The predicted octanol–water partition coefficient (Wildman–Crippen LogP) is 8.90. The van der Waals surface area contributed by atoms with E-state index in [9.17, 15) is 40.3 Å². The number of alkyl halides is 6. The Kier molecular flexibility index (Phi) is 8.00. The normalized spacial score (nSPS) is 13.4. The van der Waals surface area contributed by atoms with Crippen molar-refractivity contribution in [1.82, 2.24) is 9.55 Å². The van der Waals surface area contributed by atoms with Gasteiger partial charge in [0, 0.05) is 40.2 Å². The highest BCUT2D eigenvalue weighted by molar-refractivity contribution is 6.06. The number of fused-ring (bicyclic) bond motifs is 2. The minimum absolute atomic E-state index is 0.117. The summed E-state index contributed by atoms with van der Waals surface area (Å²) in [5, 5.41) is 5.83. The fraction of sp³-hybridized carbons (Fsp3) is 0.118. The summed E-state index contributed by atoms with van der Waals surface area (Å²) in [5.41, 5.74) is -1.51. The van der Waals surface area contributed by atoms with Crippen LogP contribution in [0.15, 0.2) is 109 Å². The van der Waals surface area contributed by atoms with Crippen molar-refractivity contribution in [1.29, 1.82) is 0 Å². The third-order valence-electron chi connectivity index (χ3n) is 7.72. The molecule has 2 unspecified atom stereocenters. The van der Waals surface area contributed by atoms with E-state index in [0.29, 0.717) is 16.4 Å². The van der Waals surface area contributed by atoms with Gasteiger partial charge in [-0.05, 0) is 77.7 Å². The van der Waals surface area contributed by atoms with Gasteiger partial charge in [0.15, 0.2) is 0 Å². The van der Waals surface area contributed by atoms with Gasteiger partial charge < -0.3 is 20.2 Å². The lowest BCUT2D eigenvalue weighted by Gasteiger charge is -2.28. The average Bonchev–Trinajstić information content (AvgIpc) is 3.63. The number of carbonyl (C=O) groups is 2. The lowest BCUT2D eigenvalue weighted by molar-refractivity contribution is -0.138. The molecule has 13 heteroatoms. The molecule has 2 atom stereocenters. The van der Waals surface area contributed by atoms with E-state index in [2.05, 4.69) is 15.6 Å². The van der Waals surface area contributed by atoms with Crippen molar-refractivity contribution in [2.45, 2.75) is 24.3 Å². The summed E-state index contributed by atoms with van der Waals surface area (Å²) >= 11 is 0. The number of aromatic nitrogens is 2. The van der Waals surface area contributed by atoms with Crippen LogP contribution in [0.5, 0.6) is 0 Å². The Morgan fingerprint density at radius 1 is 0.702 bits per heavy atom. The second kappa shape index (κ2) is 12.0. The number of nitrogens with zero attached hydrogens (tertiary/aromatic N) is 1. The first kappa shape index (κ1) is 31.4. The number of hydrogen-bond donors (Lipinski definition) is 3. The van der Waals surface area contributed by atoms with Gasteiger partial charge in [0.2, 0.25) is 11.8 Å². The molecule has 0 aliphatic carbocycles. The Morgan fingerprint density at radius 3 is 1.96 bits per heavy atom. The molecular formula is C34H23F7N4O2. The van der Waals surface area contributed by atoms with E-state index in [1.54, 1.807) is 30.3 Å². The van der Waals surface area contributed by atoms with E-state index >= 15 is 0 Å². The molecule has 3 N–H and O–H groups in total. The molecule has 6 rings (SSSR count). The summed E-state index contributed by atoms with van der Waals surface area (Å²) in [6, 6.07) is 18.5. The molecule has 0 fully saturated rings. The van der Waals surface area contributed by atoms with Crippen molar-refractivity contribution in [3.05, 3.63) is 132 Å². The number of nitrogens with one attached hydrogen (secondary N) is 3. The van der Waals surface area contributed by atoms with Crippen molar-refractivity contribution in [3.8, 4) is 0 Å². The van der Waals surface area contributed by atoms with Crippen molar-refractivity contribution in [3.63, 3.8) is 0 Å². The lowest BCUT2D eigenvalue weighted by Crippen LogP contribution is -2.37. The van der Waals surface area contributed by atoms with Gasteiger partial charge in [0.05, 0.1) is 17.0 Å². The van der Waals surface area contributed by atoms with Crippen molar-refractivity contribution in [2.75, 3.05) is 10.6 Å². The molecule has 6 aromatic rings. The number of benzene rings is 4. The number of rotatable bonds is 7. The lowest BCUT2D eigenvalue weighted by atomic mass is 9.88. The molecular weight excluding hydrogens is 629 g/mol. The number of amides is 2. The van der Waals surface area contributed by atoms with Gasteiger partial charge >= 0.3 is 12.4 Å². The van der Waals surface area contributed by atoms with Crippen LogP contribution in [0, 0.1) is 5.82 Å². The van der Waals surface area contributed by atoms with Crippen molar-refractivity contribution < 1.29 is 40.3 Å². The van der Waals surface area contributed by atoms with Crippen LogP contribution in [-0.4, -0.2) is 21.4 Å². The van der Waals surface area contributed by atoms with E-state index in [1.165, 1.54) is 41.2 Å². The van der Waals surface area contributed by atoms with E-state index in [0.717, 1.165) is 42.5 Å². The highest BCUT2D eigenvalue weighted by Crippen LogP contribution is 2.39. The first-order chi connectivity index (χ1) is 22.3. The van der Waals surface area contributed by atoms with Gasteiger partial charge in [0.25, 0.3) is 0 Å². The SMILES string of the molecule is O=C(Nc1cccc(C(F)(F)F)c1)C(c1c[nH]c2ccc(F)cc12)C(C(=O)Nc1cccc(C(F)(F)F)c1)n1ccc2ccccc21. The minimum atomic E-state index is -4.72. The molecule has 0 radical (unpaired) electrons. The van der Waals surface area contributed by atoms with E-state index in [4.69, 9.17) is 0 Å². The molecule has 47 heavy (non-hydrogen) atoms. The van der Waals surface area contributed by atoms with Gasteiger partial charge in [0.1, 0.15) is 11.9 Å². The van der Waals surface area contributed by atoms with Gasteiger partial charge in [-0.1, -0.05) is 30.3 Å². The van der Waals surface area contributed by atoms with Crippen LogP contribution in [0.2, 0.25) is 0 Å². The summed E-state index contributed by atoms with van der Waals surface area (Å²) in [6.45, 7) is 0. The quantitative estimate of drug-likeness (QED) is 0.151. The van der Waals surface area contributed by atoms with Gasteiger partial charge in [-0.2, -0.15) is 26.3 Å². The van der Waals surface area contributed by atoms with Crippen LogP contribution in [0.25, 0.3) is 21.8 Å². The second-order valence-corrected chi connectivity index (χ2v) is 10.8. The molecule has 6 nitrogen and oxygen atoms in total. The summed E-state index contributed by atoms with van der Waals surface area (Å²) in [4.78, 5) is 31.5. The number of carbonyl (C=O) groups excluding carboxylic acids is 2. The van der Waals surface area contributed by atoms with Gasteiger partial charge in [-0.3, -0.25) is 9.59 Å². The van der Waals surface area contributed by atoms with Crippen LogP contribution >= 0.6 is 0 Å². The van der Waals surface area contributed by atoms with Crippen LogP contribution in [0.3, 0.4) is 0 Å². The number of anilines is 2. The van der Waals surface area contributed by atoms with Crippen LogP contribution in [0.1, 0.15) is 28.7 Å². The molecule has 0 bridgehead atoms. The van der Waals surface area contributed by atoms with Crippen LogP contribution in [-0.2, 0) is 21.9 Å². The van der Waals surface area contributed by atoms with Crippen molar-refractivity contribution in [2.24, 2.45) is 0 Å². The molecule has 2 amide bonds. The number of aromatic amines is 1. The smallest absolute Gasteiger partial charge is 0.361 e. The van der Waals surface area contributed by atoms with E-state index in [1.807, 2.05) is 0 Å². The Bertz CT molecular complexity index is 2110. The third-order valence-corrected chi connectivity index (χ3v) is 7.72. The van der Waals surface area contributed by atoms with Crippen LogP contribution in [0.4, 0.5) is 42.1 Å². The Balaban J connectivity index is 1.52. The number of para-hydroxylation sites is 1. The summed E-state index contributed by atoms with van der Waals surface area (Å²) < 4.78 is 97.0. The van der Waals surface area contributed by atoms with Crippen molar-refractivity contribution >= 4 is 45.0 Å². The molecule has 2 aromatic heterocycles. The van der Waals surface area contributed by atoms with Gasteiger partial charge in [-0.25, -0.2) is 4.39 Å². The summed E-state index contributed by atoms with van der Waals surface area (Å²) in [6.07, 6.45) is -6.53. The zero-order valence-corrected chi connectivity index (χ0v) is 24.0. The zero-order chi connectivity index (χ0) is 33.5. The summed E-state index contributed by atoms with van der Waals surface area (Å²) in [5.74, 6) is -4.06. The largest absolute Gasteiger partial charge is 0.416 e. The number of hydrogen-bond acceptors (Lipinski definition) is 2. The molecule has 240 valence electrons. The highest BCUT2D eigenvalue weighted by Gasteiger charge is 2.40. The molecule has 0 aliphatic rings. The summed E-state index contributed by atoms with van der Waals surface area (Å²) in [7, 11) is 0. The van der Waals surface area contributed by atoms with E-state index in [-0.39, 0.29) is 22.3 Å². The Morgan fingerprint density at radius 2 is 1.32 bits per heavy atom. The molecule has 0 spiro atoms. The monoisotopic (exact) mass is 652 g/mol. The predicted molar refractivity (Wildman–Crippen MR) is 162 cm³/mol. The number of halogens is 7. The standard InChI is InChI=1S/C34H23F7N4O2/c35-22-11-12-27-25(17-22)26(18-42-27)29(31(46)43-23-8-3-6-20(15-23)33(36,37)38)30(45-14-13-19-5-1-2-10-28(19)45)32(47)44-24-9-4-7-21(16-24)34(39,40)41/h1-18,29-30,42H,(H,43,46)(H,44,47). The third kappa shape index (κ3) is 6.41. The second-order valence-electron chi connectivity index (χ2n) is 10.8. The topological polar surface area (TPSA) is 78.9 Å². The highest BCUT2D eigenvalue weighted by atomic mass is 19.4. The Hall–Kier alpha value is -5.59. The molecule has 0 saturated carbocycles. The van der Waals surface area contributed by atoms with Crippen LogP contribution < -0.4 is 10.6 Å². The zero-order valence-electron chi connectivity index (χ0n) is 24.0. The maximum absolute atomic E-state index is 14.5. The van der Waals surface area contributed by atoms with E-state index < -0.39 is 53.1 Å². The molecule has 0 aliphatic heterocycles. The number of H-pyrrole nitrogens is 1. The average molecular weight is 653 g/mol. The fourth-order valence-electron chi connectivity index (χ4n) is 5.59.